The third kappa shape index (κ3) is 7.49. The van der Waals surface area contributed by atoms with Crippen LogP contribution in [-0.2, 0) is 4.79 Å². The van der Waals surface area contributed by atoms with E-state index in [0.717, 1.165) is 43.2 Å². The second-order valence-electron chi connectivity index (χ2n) is 7.67. The number of nitrogens with one attached hydrogen (secondary N) is 1. The van der Waals surface area contributed by atoms with Gasteiger partial charge < -0.3 is 15.8 Å². The summed E-state index contributed by atoms with van der Waals surface area (Å²) in [6, 6.07) is 7.83. The second-order valence-corrected chi connectivity index (χ2v) is 7.67. The fourth-order valence-electron chi connectivity index (χ4n) is 3.93. The van der Waals surface area contributed by atoms with Gasteiger partial charge in [-0.3, -0.25) is 9.69 Å². The van der Waals surface area contributed by atoms with Crippen molar-refractivity contribution in [1.29, 1.82) is 0 Å². The Balaban J connectivity index is 0.00000182. The summed E-state index contributed by atoms with van der Waals surface area (Å²) in [6.45, 7) is 6.34. The van der Waals surface area contributed by atoms with E-state index in [2.05, 4.69) is 17.1 Å². The molecule has 7 heteroatoms. The number of likely N-dealkylation sites (tertiary alicyclic amines) is 1. The topological polar surface area (TPSA) is 67.6 Å². The number of anilines is 1. The molecule has 2 aliphatic rings. The minimum absolute atomic E-state index is 0. The zero-order chi connectivity index (χ0) is 17.6. The highest BCUT2D eigenvalue weighted by molar-refractivity contribution is 5.91. The lowest BCUT2D eigenvalue weighted by molar-refractivity contribution is -0.117. The van der Waals surface area contributed by atoms with E-state index in [1.165, 1.54) is 19.5 Å². The summed E-state index contributed by atoms with van der Waals surface area (Å²) in [4.78, 5) is 14.6. The molecule has 1 aromatic carbocycles. The van der Waals surface area contributed by atoms with Crippen molar-refractivity contribution in [3.8, 4) is 5.75 Å². The van der Waals surface area contributed by atoms with E-state index < -0.39 is 0 Å². The number of benzene rings is 1. The Morgan fingerprint density at radius 2 is 1.96 bits per heavy atom. The third-order valence-corrected chi connectivity index (χ3v) is 5.49. The second kappa shape index (κ2) is 11.7. The number of hydrogen-bond acceptors (Lipinski definition) is 4. The number of amides is 1. The van der Waals surface area contributed by atoms with Crippen LogP contribution < -0.4 is 15.8 Å². The number of nitrogens with zero attached hydrogens (tertiary/aromatic N) is 1. The molecule has 0 aromatic heterocycles. The molecule has 1 saturated heterocycles. The van der Waals surface area contributed by atoms with Gasteiger partial charge >= 0.3 is 0 Å². The highest BCUT2D eigenvalue weighted by Crippen LogP contribution is 2.27. The fraction of sp³-hybridized carbons (Fsp3) is 0.650. The van der Waals surface area contributed by atoms with Crippen molar-refractivity contribution >= 4 is 36.4 Å². The van der Waals surface area contributed by atoms with Gasteiger partial charge in [-0.1, -0.05) is 13.3 Å². The van der Waals surface area contributed by atoms with Crippen LogP contribution in [0.5, 0.6) is 5.75 Å². The molecule has 27 heavy (non-hydrogen) atoms. The Kier molecular flexibility index (Phi) is 10.5. The molecule has 3 atom stereocenters. The number of ether oxygens (including phenoxy) is 1. The minimum atomic E-state index is 0. The average molecular weight is 418 g/mol. The zero-order valence-corrected chi connectivity index (χ0v) is 17.7. The van der Waals surface area contributed by atoms with E-state index in [9.17, 15) is 4.79 Å². The molecule has 3 rings (SSSR count). The molecule has 2 fully saturated rings. The highest BCUT2D eigenvalue weighted by Gasteiger charge is 2.26. The highest BCUT2D eigenvalue weighted by atomic mass is 35.5. The summed E-state index contributed by atoms with van der Waals surface area (Å²) in [5, 5.41) is 2.96. The molecule has 1 unspecified atom stereocenters. The lowest BCUT2D eigenvalue weighted by atomic mass is 10.00. The molecule has 5 nitrogen and oxygen atoms in total. The summed E-state index contributed by atoms with van der Waals surface area (Å²) in [5.74, 6) is 2.04. The molecular formula is C20H33Cl2N3O2. The lowest BCUT2D eigenvalue weighted by Crippen LogP contribution is -2.28. The largest absolute Gasteiger partial charge is 0.492 e. The zero-order valence-electron chi connectivity index (χ0n) is 16.1. The molecule has 1 saturated carbocycles. The Hall–Kier alpha value is -1.01. The van der Waals surface area contributed by atoms with E-state index in [1.54, 1.807) is 0 Å². The van der Waals surface area contributed by atoms with Crippen LogP contribution in [0, 0.1) is 11.8 Å². The maximum absolute atomic E-state index is 12.1. The summed E-state index contributed by atoms with van der Waals surface area (Å²) in [5.41, 5.74) is 6.86. The predicted molar refractivity (Wildman–Crippen MR) is 115 cm³/mol. The summed E-state index contributed by atoms with van der Waals surface area (Å²) in [6.07, 6.45) is 5.06. The number of carbonyl (C=O) groups excluding carboxylic acids is 1. The predicted octanol–water partition coefficient (Wildman–Crippen LogP) is 3.71. The number of rotatable bonds is 7. The van der Waals surface area contributed by atoms with Crippen molar-refractivity contribution < 1.29 is 9.53 Å². The van der Waals surface area contributed by atoms with E-state index in [-0.39, 0.29) is 36.8 Å². The monoisotopic (exact) mass is 417 g/mol. The van der Waals surface area contributed by atoms with E-state index in [0.29, 0.717) is 18.9 Å². The van der Waals surface area contributed by atoms with Gasteiger partial charge in [0.1, 0.15) is 12.4 Å². The first-order valence-electron chi connectivity index (χ1n) is 9.61. The Morgan fingerprint density at radius 1 is 1.22 bits per heavy atom. The molecule has 1 aliphatic carbocycles. The Morgan fingerprint density at radius 3 is 2.56 bits per heavy atom. The molecule has 3 N–H and O–H groups in total. The van der Waals surface area contributed by atoms with Gasteiger partial charge in [-0.05, 0) is 61.9 Å². The molecule has 0 bridgehead atoms. The third-order valence-electron chi connectivity index (χ3n) is 5.49. The fourth-order valence-corrected chi connectivity index (χ4v) is 3.93. The first-order chi connectivity index (χ1) is 12.1. The quantitative estimate of drug-likeness (QED) is 0.709. The molecule has 0 radical (unpaired) electrons. The number of hydrogen-bond donors (Lipinski definition) is 2. The number of halogens is 2. The van der Waals surface area contributed by atoms with Crippen molar-refractivity contribution in [2.45, 2.75) is 45.1 Å². The standard InChI is InChI=1S/C20H31N3O2.2ClH/c1-15-9-10-23(14-15)11-12-25-18-7-5-17(6-8-18)22-20(24)13-16-3-2-4-19(16)21;;/h5-8,15-16,19H,2-4,9-14,21H2,1H3,(H,22,24);2*1H/t15?,16-,19+;;/m0../s1. The van der Waals surface area contributed by atoms with Crippen LogP contribution in [0.15, 0.2) is 24.3 Å². The molecule has 1 amide bonds. The average Bonchev–Trinajstić information content (AvgIpc) is 3.18. The van der Waals surface area contributed by atoms with Crippen LogP contribution in [0.1, 0.15) is 39.0 Å². The van der Waals surface area contributed by atoms with Gasteiger partial charge in [-0.25, -0.2) is 0 Å². The number of carbonyl (C=O) groups is 1. The summed E-state index contributed by atoms with van der Waals surface area (Å²) < 4.78 is 5.81. The molecule has 1 aliphatic heterocycles. The summed E-state index contributed by atoms with van der Waals surface area (Å²) >= 11 is 0. The van der Waals surface area contributed by atoms with Crippen LogP contribution in [0.2, 0.25) is 0 Å². The van der Waals surface area contributed by atoms with Crippen LogP contribution >= 0.6 is 24.8 Å². The van der Waals surface area contributed by atoms with Gasteiger partial charge in [-0.15, -0.1) is 24.8 Å². The van der Waals surface area contributed by atoms with E-state index >= 15 is 0 Å². The molecular weight excluding hydrogens is 385 g/mol. The molecule has 1 aromatic rings. The van der Waals surface area contributed by atoms with Crippen LogP contribution in [-0.4, -0.2) is 43.1 Å². The maximum Gasteiger partial charge on any atom is 0.224 e. The Labute approximate surface area is 175 Å². The summed E-state index contributed by atoms with van der Waals surface area (Å²) in [7, 11) is 0. The first-order valence-corrected chi connectivity index (χ1v) is 9.61. The van der Waals surface area contributed by atoms with Crippen molar-refractivity contribution in [2.75, 3.05) is 31.6 Å². The molecule has 154 valence electrons. The van der Waals surface area contributed by atoms with Crippen LogP contribution in [0.3, 0.4) is 0 Å². The van der Waals surface area contributed by atoms with Crippen molar-refractivity contribution in [1.82, 2.24) is 4.90 Å². The van der Waals surface area contributed by atoms with E-state index in [4.69, 9.17) is 10.5 Å². The van der Waals surface area contributed by atoms with Crippen molar-refractivity contribution in [3.05, 3.63) is 24.3 Å². The number of nitrogens with two attached hydrogens (primary N) is 1. The van der Waals surface area contributed by atoms with Crippen LogP contribution in [0.25, 0.3) is 0 Å². The van der Waals surface area contributed by atoms with Gasteiger partial charge in [0.15, 0.2) is 0 Å². The van der Waals surface area contributed by atoms with Crippen molar-refractivity contribution in [3.63, 3.8) is 0 Å². The normalized spacial score (nSPS) is 24.7. The van der Waals surface area contributed by atoms with Crippen LogP contribution in [0.4, 0.5) is 5.69 Å². The first kappa shape index (κ1) is 24.0. The lowest BCUT2D eigenvalue weighted by Gasteiger charge is -2.16. The Bertz CT molecular complexity index is 571. The van der Waals surface area contributed by atoms with Crippen molar-refractivity contribution in [2.24, 2.45) is 17.6 Å². The van der Waals surface area contributed by atoms with Gasteiger partial charge in [0, 0.05) is 31.2 Å². The van der Waals surface area contributed by atoms with Gasteiger partial charge in [0.25, 0.3) is 0 Å². The minimum Gasteiger partial charge on any atom is -0.492 e. The van der Waals surface area contributed by atoms with Gasteiger partial charge in [0.05, 0.1) is 0 Å². The van der Waals surface area contributed by atoms with E-state index in [1.807, 2.05) is 24.3 Å². The van der Waals surface area contributed by atoms with Gasteiger partial charge in [-0.2, -0.15) is 0 Å². The maximum atomic E-state index is 12.1. The van der Waals surface area contributed by atoms with Gasteiger partial charge in [0.2, 0.25) is 5.91 Å². The SMILES string of the molecule is CC1CCN(CCOc2ccc(NC(=O)C[C@@H]3CCC[C@H]3N)cc2)C1.Cl.Cl. The smallest absolute Gasteiger partial charge is 0.224 e. The molecule has 1 heterocycles. The molecule has 0 spiro atoms.